The second kappa shape index (κ2) is 6.87. The Labute approximate surface area is 141 Å². The van der Waals surface area contributed by atoms with Gasteiger partial charge in [0.1, 0.15) is 11.5 Å². The number of fused-ring (bicyclic) bond motifs is 1. The van der Waals surface area contributed by atoms with E-state index in [0.29, 0.717) is 11.3 Å². The molecule has 2 aromatic carbocycles. The SMILES string of the molecule is CCCc1cccc(CCC)c1Oc1ccc2c(c1)C(=O)OC2=O. The van der Waals surface area contributed by atoms with Gasteiger partial charge in [0.15, 0.2) is 0 Å². The number of aryl methyl sites for hydroxylation is 2. The molecule has 4 heteroatoms. The van der Waals surface area contributed by atoms with E-state index in [2.05, 4.69) is 36.8 Å². The van der Waals surface area contributed by atoms with E-state index in [4.69, 9.17) is 4.74 Å². The molecule has 0 aromatic heterocycles. The molecule has 0 bridgehead atoms. The van der Waals surface area contributed by atoms with Crippen molar-refractivity contribution in [1.82, 2.24) is 0 Å². The zero-order chi connectivity index (χ0) is 17.1. The van der Waals surface area contributed by atoms with Crippen molar-refractivity contribution in [2.75, 3.05) is 0 Å². The number of para-hydroxylation sites is 1. The highest BCUT2D eigenvalue weighted by Crippen LogP contribution is 2.33. The maximum absolute atomic E-state index is 11.7. The molecule has 1 aliphatic rings. The molecule has 1 heterocycles. The molecule has 0 fully saturated rings. The molecule has 0 amide bonds. The Morgan fingerprint density at radius 1 is 0.875 bits per heavy atom. The van der Waals surface area contributed by atoms with Crippen LogP contribution in [0.4, 0.5) is 0 Å². The van der Waals surface area contributed by atoms with Crippen molar-refractivity contribution < 1.29 is 19.1 Å². The summed E-state index contributed by atoms with van der Waals surface area (Å²) in [5.41, 5.74) is 2.87. The fourth-order valence-corrected chi connectivity index (χ4v) is 2.95. The summed E-state index contributed by atoms with van der Waals surface area (Å²) in [7, 11) is 0. The van der Waals surface area contributed by atoms with Gasteiger partial charge < -0.3 is 9.47 Å². The molecule has 0 saturated heterocycles. The van der Waals surface area contributed by atoms with E-state index in [-0.39, 0.29) is 5.56 Å². The van der Waals surface area contributed by atoms with Crippen molar-refractivity contribution in [3.63, 3.8) is 0 Å². The molecule has 1 aliphatic heterocycles. The van der Waals surface area contributed by atoms with Crippen LogP contribution in [0.3, 0.4) is 0 Å². The normalized spacial score (nSPS) is 12.9. The van der Waals surface area contributed by atoms with E-state index >= 15 is 0 Å². The number of hydrogen-bond donors (Lipinski definition) is 0. The van der Waals surface area contributed by atoms with Crippen LogP contribution in [0.1, 0.15) is 58.5 Å². The van der Waals surface area contributed by atoms with Crippen LogP contribution >= 0.6 is 0 Å². The second-order valence-electron chi connectivity index (χ2n) is 5.89. The standard InChI is InChI=1S/C20H20O4/c1-3-6-13-8-5-9-14(7-4-2)18(13)23-15-10-11-16-17(12-15)20(22)24-19(16)21/h5,8-12H,3-4,6-7H2,1-2H3. The van der Waals surface area contributed by atoms with Crippen molar-refractivity contribution in [1.29, 1.82) is 0 Å². The van der Waals surface area contributed by atoms with Gasteiger partial charge in [-0.05, 0) is 42.2 Å². The lowest BCUT2D eigenvalue weighted by Crippen LogP contribution is -1.99. The predicted molar refractivity (Wildman–Crippen MR) is 90.7 cm³/mol. The first-order chi connectivity index (χ1) is 11.6. The van der Waals surface area contributed by atoms with Gasteiger partial charge in [0.2, 0.25) is 0 Å². The maximum atomic E-state index is 11.7. The summed E-state index contributed by atoms with van der Waals surface area (Å²) in [6.07, 6.45) is 3.91. The fraction of sp³-hybridized carbons (Fsp3) is 0.300. The molecule has 0 spiro atoms. The Morgan fingerprint density at radius 2 is 1.50 bits per heavy atom. The highest BCUT2D eigenvalue weighted by atomic mass is 16.6. The minimum absolute atomic E-state index is 0.266. The highest BCUT2D eigenvalue weighted by molar-refractivity contribution is 6.14. The van der Waals surface area contributed by atoms with Gasteiger partial charge in [0.25, 0.3) is 0 Å². The van der Waals surface area contributed by atoms with E-state index in [0.717, 1.165) is 42.6 Å². The van der Waals surface area contributed by atoms with Gasteiger partial charge in [-0.2, -0.15) is 0 Å². The Balaban J connectivity index is 1.98. The smallest absolute Gasteiger partial charge is 0.347 e. The molecule has 2 aromatic rings. The largest absolute Gasteiger partial charge is 0.457 e. The number of cyclic esters (lactones) is 2. The number of esters is 2. The highest BCUT2D eigenvalue weighted by Gasteiger charge is 2.30. The summed E-state index contributed by atoms with van der Waals surface area (Å²) >= 11 is 0. The first-order valence-corrected chi connectivity index (χ1v) is 8.33. The Morgan fingerprint density at radius 3 is 2.12 bits per heavy atom. The lowest BCUT2D eigenvalue weighted by Gasteiger charge is -2.15. The van der Waals surface area contributed by atoms with Gasteiger partial charge in [-0.25, -0.2) is 9.59 Å². The van der Waals surface area contributed by atoms with Gasteiger partial charge in [-0.1, -0.05) is 44.9 Å². The number of rotatable bonds is 6. The van der Waals surface area contributed by atoms with E-state index in [1.807, 2.05) is 0 Å². The summed E-state index contributed by atoms with van der Waals surface area (Å²) < 4.78 is 10.8. The third-order valence-electron chi connectivity index (χ3n) is 4.05. The van der Waals surface area contributed by atoms with Crippen LogP contribution in [0.5, 0.6) is 11.5 Å². The van der Waals surface area contributed by atoms with Crippen molar-refractivity contribution in [2.45, 2.75) is 39.5 Å². The molecule has 4 nitrogen and oxygen atoms in total. The van der Waals surface area contributed by atoms with E-state index in [1.165, 1.54) is 0 Å². The van der Waals surface area contributed by atoms with Crippen LogP contribution < -0.4 is 4.74 Å². The number of benzene rings is 2. The van der Waals surface area contributed by atoms with Gasteiger partial charge in [0.05, 0.1) is 11.1 Å². The molecule has 0 radical (unpaired) electrons. The molecule has 0 unspecified atom stereocenters. The molecule has 24 heavy (non-hydrogen) atoms. The quantitative estimate of drug-likeness (QED) is 0.571. The second-order valence-corrected chi connectivity index (χ2v) is 5.89. The minimum atomic E-state index is -0.615. The summed E-state index contributed by atoms with van der Waals surface area (Å²) in [5.74, 6) is 0.191. The molecule has 3 rings (SSSR count). The Hall–Kier alpha value is -2.62. The molecule has 0 atom stereocenters. The number of carbonyl (C=O) groups excluding carboxylic acids is 2. The lowest BCUT2D eigenvalue weighted by molar-refractivity contribution is 0.0443. The summed E-state index contributed by atoms with van der Waals surface area (Å²) in [6.45, 7) is 4.26. The van der Waals surface area contributed by atoms with Crippen LogP contribution in [0.25, 0.3) is 0 Å². The first-order valence-electron chi connectivity index (χ1n) is 8.33. The number of carbonyl (C=O) groups is 2. The van der Waals surface area contributed by atoms with Crippen LogP contribution in [0, 0.1) is 0 Å². The summed E-state index contributed by atoms with van der Waals surface area (Å²) in [5, 5.41) is 0. The van der Waals surface area contributed by atoms with Crippen LogP contribution in [-0.2, 0) is 17.6 Å². The Bertz CT molecular complexity index is 768. The summed E-state index contributed by atoms with van der Waals surface area (Å²) in [4.78, 5) is 23.3. The van der Waals surface area contributed by atoms with Gasteiger partial charge in [0, 0.05) is 0 Å². The van der Waals surface area contributed by atoms with Crippen molar-refractivity contribution in [3.8, 4) is 11.5 Å². The third kappa shape index (κ3) is 3.04. The topological polar surface area (TPSA) is 52.6 Å². The average Bonchev–Trinajstić information content (AvgIpc) is 2.85. The van der Waals surface area contributed by atoms with E-state index < -0.39 is 11.9 Å². The van der Waals surface area contributed by atoms with Gasteiger partial charge >= 0.3 is 11.9 Å². The van der Waals surface area contributed by atoms with Gasteiger partial charge in [-0.3, -0.25) is 0 Å². The third-order valence-corrected chi connectivity index (χ3v) is 4.05. The van der Waals surface area contributed by atoms with E-state index in [1.54, 1.807) is 18.2 Å². The minimum Gasteiger partial charge on any atom is -0.457 e. The summed E-state index contributed by atoms with van der Waals surface area (Å²) in [6, 6.07) is 11.1. The Kier molecular flexibility index (Phi) is 4.65. The average molecular weight is 324 g/mol. The zero-order valence-corrected chi connectivity index (χ0v) is 13.9. The van der Waals surface area contributed by atoms with Crippen molar-refractivity contribution in [3.05, 3.63) is 58.7 Å². The molecular weight excluding hydrogens is 304 g/mol. The maximum Gasteiger partial charge on any atom is 0.347 e. The molecular formula is C20H20O4. The lowest BCUT2D eigenvalue weighted by atomic mass is 10.0. The van der Waals surface area contributed by atoms with Crippen LogP contribution in [0.15, 0.2) is 36.4 Å². The fourth-order valence-electron chi connectivity index (χ4n) is 2.95. The van der Waals surface area contributed by atoms with Crippen LogP contribution in [-0.4, -0.2) is 11.9 Å². The zero-order valence-electron chi connectivity index (χ0n) is 13.9. The first kappa shape index (κ1) is 16.2. The van der Waals surface area contributed by atoms with Crippen LogP contribution in [0.2, 0.25) is 0 Å². The van der Waals surface area contributed by atoms with Gasteiger partial charge in [-0.15, -0.1) is 0 Å². The monoisotopic (exact) mass is 324 g/mol. The number of hydrogen-bond acceptors (Lipinski definition) is 4. The number of ether oxygens (including phenoxy) is 2. The van der Waals surface area contributed by atoms with E-state index in [9.17, 15) is 9.59 Å². The predicted octanol–water partition coefficient (Wildman–Crippen LogP) is 4.69. The van der Waals surface area contributed by atoms with Crippen molar-refractivity contribution >= 4 is 11.9 Å². The molecule has 0 N–H and O–H groups in total. The molecule has 0 saturated carbocycles. The van der Waals surface area contributed by atoms with Crippen molar-refractivity contribution in [2.24, 2.45) is 0 Å². The molecule has 0 aliphatic carbocycles. The molecule has 124 valence electrons.